The summed E-state index contributed by atoms with van der Waals surface area (Å²) < 4.78 is 23.0. The standard InChI is InChI=1S/C22H23ClN2O5/c1-14-17(22(23)25(24-14)16-8-6-5-7-9-16)13-30-20(26)12-15-10-18(27-2)21(29-4)19(11-15)28-3/h5-11H,12-13H2,1-4H3. The topological polar surface area (TPSA) is 71.8 Å². The second-order valence-electron chi connectivity index (χ2n) is 6.47. The number of esters is 1. The molecule has 1 heterocycles. The largest absolute Gasteiger partial charge is 0.493 e. The number of para-hydroxylation sites is 1. The van der Waals surface area contributed by atoms with Crippen LogP contribution in [0.15, 0.2) is 42.5 Å². The van der Waals surface area contributed by atoms with Gasteiger partial charge in [-0.25, -0.2) is 4.68 Å². The number of benzene rings is 2. The van der Waals surface area contributed by atoms with Crippen LogP contribution in [-0.4, -0.2) is 37.1 Å². The molecule has 0 unspecified atom stereocenters. The van der Waals surface area contributed by atoms with Crippen LogP contribution in [-0.2, 0) is 22.6 Å². The molecule has 7 nitrogen and oxygen atoms in total. The van der Waals surface area contributed by atoms with Crippen LogP contribution in [0, 0.1) is 6.92 Å². The normalized spacial score (nSPS) is 10.6. The van der Waals surface area contributed by atoms with Crippen molar-refractivity contribution in [2.24, 2.45) is 0 Å². The lowest BCUT2D eigenvalue weighted by molar-refractivity contribution is -0.144. The molecule has 2 aromatic carbocycles. The highest BCUT2D eigenvalue weighted by Gasteiger charge is 2.18. The van der Waals surface area contributed by atoms with Gasteiger partial charge in [0.25, 0.3) is 0 Å². The number of aromatic nitrogens is 2. The summed E-state index contributed by atoms with van der Waals surface area (Å²) in [4.78, 5) is 12.4. The molecule has 8 heteroatoms. The lowest BCUT2D eigenvalue weighted by Crippen LogP contribution is -2.09. The first-order valence-electron chi connectivity index (χ1n) is 9.22. The molecule has 0 aliphatic rings. The van der Waals surface area contributed by atoms with Crippen molar-refractivity contribution in [2.75, 3.05) is 21.3 Å². The summed E-state index contributed by atoms with van der Waals surface area (Å²) in [5.74, 6) is 1.01. The van der Waals surface area contributed by atoms with Crippen LogP contribution < -0.4 is 14.2 Å². The van der Waals surface area contributed by atoms with E-state index in [0.29, 0.717) is 39.2 Å². The molecule has 158 valence electrons. The minimum absolute atomic E-state index is 0.0285. The molecule has 3 rings (SSSR count). The van der Waals surface area contributed by atoms with Gasteiger partial charge >= 0.3 is 5.97 Å². The van der Waals surface area contributed by atoms with Crippen molar-refractivity contribution in [2.45, 2.75) is 20.0 Å². The maximum atomic E-state index is 12.4. The highest BCUT2D eigenvalue weighted by Crippen LogP contribution is 2.38. The predicted octanol–water partition coefficient (Wildman–Crippen LogP) is 4.15. The van der Waals surface area contributed by atoms with Crippen molar-refractivity contribution in [3.63, 3.8) is 0 Å². The molecule has 0 aliphatic carbocycles. The Morgan fingerprint density at radius 1 is 1.03 bits per heavy atom. The predicted molar refractivity (Wildman–Crippen MR) is 113 cm³/mol. The molecule has 3 aromatic rings. The van der Waals surface area contributed by atoms with E-state index in [9.17, 15) is 4.79 Å². The Balaban J connectivity index is 1.72. The molecule has 0 aliphatic heterocycles. The first-order valence-corrected chi connectivity index (χ1v) is 9.60. The molecule has 0 radical (unpaired) electrons. The Hall–Kier alpha value is -3.19. The third kappa shape index (κ3) is 4.52. The Morgan fingerprint density at radius 3 is 2.23 bits per heavy atom. The first kappa shape index (κ1) is 21.5. The fourth-order valence-corrected chi connectivity index (χ4v) is 3.37. The lowest BCUT2D eigenvalue weighted by Gasteiger charge is -2.14. The molecular weight excluding hydrogens is 408 g/mol. The second-order valence-corrected chi connectivity index (χ2v) is 6.83. The molecular formula is C22H23ClN2O5. The van der Waals surface area contributed by atoms with E-state index < -0.39 is 5.97 Å². The van der Waals surface area contributed by atoms with E-state index in [1.165, 1.54) is 21.3 Å². The van der Waals surface area contributed by atoms with Gasteiger partial charge in [0.2, 0.25) is 5.75 Å². The van der Waals surface area contributed by atoms with Crippen LogP contribution >= 0.6 is 11.6 Å². The van der Waals surface area contributed by atoms with Crippen molar-refractivity contribution in [1.82, 2.24) is 9.78 Å². The van der Waals surface area contributed by atoms with Crippen LogP contribution in [0.4, 0.5) is 0 Å². The summed E-state index contributed by atoms with van der Waals surface area (Å²) in [7, 11) is 4.57. The van der Waals surface area contributed by atoms with Gasteiger partial charge in [0.15, 0.2) is 11.5 Å². The quantitative estimate of drug-likeness (QED) is 0.500. The van der Waals surface area contributed by atoms with Crippen LogP contribution in [0.25, 0.3) is 5.69 Å². The molecule has 0 saturated carbocycles. The van der Waals surface area contributed by atoms with Crippen molar-refractivity contribution in [3.05, 3.63) is 64.4 Å². The summed E-state index contributed by atoms with van der Waals surface area (Å²) in [5, 5.41) is 4.87. The molecule has 0 bridgehead atoms. The lowest BCUT2D eigenvalue weighted by atomic mass is 10.1. The van der Waals surface area contributed by atoms with E-state index in [-0.39, 0.29) is 13.0 Å². The summed E-state index contributed by atoms with van der Waals surface area (Å²) in [5.41, 5.74) is 2.88. The number of hydrogen-bond acceptors (Lipinski definition) is 6. The van der Waals surface area contributed by atoms with E-state index in [2.05, 4.69) is 5.10 Å². The van der Waals surface area contributed by atoms with Gasteiger partial charge in [0.1, 0.15) is 11.8 Å². The number of carbonyl (C=O) groups is 1. The third-order valence-corrected chi connectivity index (χ3v) is 4.96. The number of nitrogens with zero attached hydrogens (tertiary/aromatic N) is 2. The Morgan fingerprint density at radius 2 is 1.67 bits per heavy atom. The SMILES string of the molecule is COc1cc(CC(=O)OCc2c(C)nn(-c3ccccc3)c2Cl)cc(OC)c1OC. The number of hydrogen-bond donors (Lipinski definition) is 0. The van der Waals surface area contributed by atoms with Crippen LogP contribution in [0.3, 0.4) is 0 Å². The zero-order valence-electron chi connectivity index (χ0n) is 17.3. The number of ether oxygens (including phenoxy) is 4. The monoisotopic (exact) mass is 430 g/mol. The summed E-state index contributed by atoms with van der Waals surface area (Å²) in [6.45, 7) is 1.86. The maximum absolute atomic E-state index is 12.4. The maximum Gasteiger partial charge on any atom is 0.310 e. The fourth-order valence-electron chi connectivity index (χ4n) is 3.04. The molecule has 0 spiro atoms. The molecule has 0 N–H and O–H groups in total. The Bertz CT molecular complexity index is 1010. The molecule has 30 heavy (non-hydrogen) atoms. The Kier molecular flexibility index (Phi) is 6.84. The van der Waals surface area contributed by atoms with E-state index in [0.717, 1.165) is 5.69 Å². The number of carbonyl (C=O) groups excluding carboxylic acids is 1. The minimum Gasteiger partial charge on any atom is -0.493 e. The first-order chi connectivity index (χ1) is 14.5. The second kappa shape index (κ2) is 9.54. The highest BCUT2D eigenvalue weighted by molar-refractivity contribution is 6.30. The number of aryl methyl sites for hydroxylation is 1. The van der Waals surface area contributed by atoms with Gasteiger partial charge in [-0.2, -0.15) is 5.10 Å². The average Bonchev–Trinajstić information content (AvgIpc) is 3.05. The van der Waals surface area contributed by atoms with Crippen molar-refractivity contribution >= 4 is 17.6 Å². The minimum atomic E-state index is -0.410. The average molecular weight is 431 g/mol. The smallest absolute Gasteiger partial charge is 0.310 e. The number of rotatable bonds is 8. The van der Waals surface area contributed by atoms with Crippen molar-refractivity contribution in [3.8, 4) is 22.9 Å². The molecule has 1 aromatic heterocycles. The van der Waals surface area contributed by atoms with Crippen LogP contribution in [0.2, 0.25) is 5.15 Å². The van der Waals surface area contributed by atoms with Crippen LogP contribution in [0.1, 0.15) is 16.8 Å². The summed E-state index contributed by atoms with van der Waals surface area (Å²) >= 11 is 6.48. The fraction of sp³-hybridized carbons (Fsp3) is 0.273. The Labute approximate surface area is 180 Å². The number of methoxy groups -OCH3 is 3. The van der Waals surface area contributed by atoms with E-state index in [4.69, 9.17) is 30.5 Å². The van der Waals surface area contributed by atoms with Gasteiger partial charge < -0.3 is 18.9 Å². The molecule has 0 saturated heterocycles. The highest BCUT2D eigenvalue weighted by atomic mass is 35.5. The molecule has 0 fully saturated rings. The van der Waals surface area contributed by atoms with Crippen LogP contribution in [0.5, 0.6) is 17.2 Å². The van der Waals surface area contributed by atoms with Gasteiger partial charge in [-0.15, -0.1) is 0 Å². The van der Waals surface area contributed by atoms with Crippen molar-refractivity contribution < 1.29 is 23.7 Å². The van der Waals surface area contributed by atoms with Gasteiger partial charge in [0.05, 0.1) is 39.1 Å². The molecule has 0 atom stereocenters. The van der Waals surface area contributed by atoms with Gasteiger partial charge in [0, 0.05) is 5.56 Å². The summed E-state index contributed by atoms with van der Waals surface area (Å²) in [6, 6.07) is 13.0. The van der Waals surface area contributed by atoms with Gasteiger partial charge in [-0.1, -0.05) is 29.8 Å². The molecule has 0 amide bonds. The van der Waals surface area contributed by atoms with Gasteiger partial charge in [-0.3, -0.25) is 4.79 Å². The van der Waals surface area contributed by atoms with E-state index in [1.54, 1.807) is 16.8 Å². The summed E-state index contributed by atoms with van der Waals surface area (Å²) in [6.07, 6.45) is 0.0419. The zero-order valence-corrected chi connectivity index (χ0v) is 18.0. The number of halogens is 1. The van der Waals surface area contributed by atoms with E-state index in [1.807, 2.05) is 37.3 Å². The zero-order chi connectivity index (χ0) is 21.7. The van der Waals surface area contributed by atoms with E-state index >= 15 is 0 Å². The van der Waals surface area contributed by atoms with Crippen molar-refractivity contribution in [1.29, 1.82) is 0 Å². The third-order valence-electron chi connectivity index (χ3n) is 4.57. The van der Waals surface area contributed by atoms with Gasteiger partial charge in [-0.05, 0) is 36.8 Å².